The molecule has 2 bridgehead atoms. The standard InChI is InChI=1S/C7H7.2ClH.Pd/c1-2-7-4-3-6(1)5-7;;;/h1-4,6H,5H2;2*1H;/q;;;+2/p-2. The summed E-state index contributed by atoms with van der Waals surface area (Å²) in [5.41, 5.74) is 0. The molecule has 0 spiro atoms. The molecule has 0 heterocycles. The average Bonchev–Trinajstić information content (AvgIpc) is 2.45. The summed E-state index contributed by atoms with van der Waals surface area (Å²) in [5.74, 6) is 0.626. The van der Waals surface area contributed by atoms with Crippen LogP contribution in [0, 0.1) is 5.92 Å². The fourth-order valence-electron chi connectivity index (χ4n) is 1.42. The first-order valence-corrected chi connectivity index (χ1v) is 7.85. The summed E-state index contributed by atoms with van der Waals surface area (Å²) in [4.78, 5) is 0. The van der Waals surface area contributed by atoms with E-state index >= 15 is 0 Å². The summed E-state index contributed by atoms with van der Waals surface area (Å²) in [6.45, 7) is 0. The molecule has 10 heavy (non-hydrogen) atoms. The summed E-state index contributed by atoms with van der Waals surface area (Å²) in [6.07, 6.45) is 9.90. The quantitative estimate of drug-likeness (QED) is 0.506. The summed E-state index contributed by atoms with van der Waals surface area (Å²) in [7, 11) is 11.9. The van der Waals surface area contributed by atoms with Gasteiger partial charge in [0, 0.05) is 0 Å². The fraction of sp³-hybridized carbons (Fsp3) is 0.429. The van der Waals surface area contributed by atoms with Crippen molar-refractivity contribution in [2.45, 2.75) is 10.3 Å². The molecule has 59 valence electrons. The zero-order chi connectivity index (χ0) is 7.19. The molecule has 2 aliphatic carbocycles. The van der Waals surface area contributed by atoms with Crippen molar-refractivity contribution in [3.8, 4) is 0 Å². The number of hydrogen-bond acceptors (Lipinski definition) is 0. The molecule has 0 amide bonds. The van der Waals surface area contributed by atoms with Crippen LogP contribution in [0.15, 0.2) is 24.3 Å². The van der Waals surface area contributed by atoms with E-state index in [0.29, 0.717) is 5.92 Å². The molecule has 0 saturated carbocycles. The predicted octanol–water partition coefficient (Wildman–Crippen LogP) is 3.22. The summed E-state index contributed by atoms with van der Waals surface area (Å²) >= 11 is -1.34. The number of rotatable bonds is 1. The molecule has 0 radical (unpaired) electrons. The van der Waals surface area contributed by atoms with Gasteiger partial charge in [0.05, 0.1) is 0 Å². The van der Waals surface area contributed by atoms with Gasteiger partial charge in [-0.3, -0.25) is 0 Å². The third kappa shape index (κ3) is 0.924. The molecular formula is C7H7Cl2Pd. The molecule has 0 saturated heterocycles. The van der Waals surface area contributed by atoms with E-state index in [1.54, 1.807) is 0 Å². The van der Waals surface area contributed by atoms with E-state index in [9.17, 15) is 0 Å². The number of halogens is 2. The van der Waals surface area contributed by atoms with Crippen molar-refractivity contribution in [1.82, 2.24) is 0 Å². The first-order chi connectivity index (χ1) is 4.73. The van der Waals surface area contributed by atoms with E-state index < -0.39 is 14.7 Å². The van der Waals surface area contributed by atoms with Gasteiger partial charge in [0.25, 0.3) is 0 Å². The SMILES string of the molecule is [Cl][Pd]([Cl])[C]12C=CC(C=C1)C2. The maximum absolute atomic E-state index is 5.95. The molecule has 0 nitrogen and oxygen atoms in total. The van der Waals surface area contributed by atoms with Gasteiger partial charge >= 0.3 is 74.3 Å². The first-order valence-electron chi connectivity index (χ1n) is 3.07. The van der Waals surface area contributed by atoms with Gasteiger partial charge in [-0.15, -0.1) is 0 Å². The Morgan fingerprint density at radius 3 is 2.10 bits per heavy atom. The Balaban J connectivity index is 2.31. The van der Waals surface area contributed by atoms with Crippen LogP contribution in [-0.2, 0) is 14.7 Å². The van der Waals surface area contributed by atoms with Crippen LogP contribution in [0.3, 0.4) is 0 Å². The van der Waals surface area contributed by atoms with Gasteiger partial charge in [-0.1, -0.05) is 0 Å². The molecular weight excluding hydrogens is 261 g/mol. The van der Waals surface area contributed by atoms with E-state index in [-0.39, 0.29) is 3.89 Å². The zero-order valence-corrected chi connectivity index (χ0v) is 8.23. The normalized spacial score (nSPS) is 43.0. The van der Waals surface area contributed by atoms with E-state index in [1.807, 2.05) is 0 Å². The first kappa shape index (κ1) is 7.38. The maximum atomic E-state index is 5.95. The van der Waals surface area contributed by atoms with Crippen LogP contribution in [0.5, 0.6) is 0 Å². The van der Waals surface area contributed by atoms with Gasteiger partial charge in [-0.05, 0) is 0 Å². The van der Waals surface area contributed by atoms with E-state index in [1.165, 1.54) is 0 Å². The van der Waals surface area contributed by atoms with Gasteiger partial charge in [0.2, 0.25) is 0 Å². The minimum atomic E-state index is -1.34. The Hall–Kier alpha value is 0.722. The Morgan fingerprint density at radius 2 is 1.90 bits per heavy atom. The Bertz CT molecular complexity index is 194. The van der Waals surface area contributed by atoms with Crippen LogP contribution in [0.1, 0.15) is 6.42 Å². The van der Waals surface area contributed by atoms with Crippen molar-refractivity contribution in [2.24, 2.45) is 5.92 Å². The summed E-state index contributed by atoms with van der Waals surface area (Å²) < 4.78 is 0.0966. The Morgan fingerprint density at radius 1 is 1.30 bits per heavy atom. The number of fused-ring (bicyclic) bond motifs is 2. The zero-order valence-electron chi connectivity index (χ0n) is 5.17. The summed E-state index contributed by atoms with van der Waals surface area (Å²) in [6, 6.07) is 0. The fourth-order valence-corrected chi connectivity index (χ4v) is 4.24. The van der Waals surface area contributed by atoms with Crippen LogP contribution in [0.25, 0.3) is 0 Å². The molecule has 0 aromatic heterocycles. The van der Waals surface area contributed by atoms with E-state index in [4.69, 9.17) is 19.1 Å². The van der Waals surface area contributed by atoms with Gasteiger partial charge in [-0.25, -0.2) is 0 Å². The summed E-state index contributed by atoms with van der Waals surface area (Å²) in [5, 5.41) is 0. The third-order valence-electron chi connectivity index (χ3n) is 1.98. The van der Waals surface area contributed by atoms with Crippen molar-refractivity contribution in [3.05, 3.63) is 24.3 Å². The Labute approximate surface area is 74.1 Å². The molecule has 0 aromatic carbocycles. The average molecular weight is 268 g/mol. The molecule has 2 rings (SSSR count). The van der Waals surface area contributed by atoms with Gasteiger partial charge < -0.3 is 0 Å². The van der Waals surface area contributed by atoms with Crippen LogP contribution in [0.4, 0.5) is 0 Å². The molecule has 0 unspecified atom stereocenters. The second-order valence-electron chi connectivity index (χ2n) is 2.62. The second-order valence-corrected chi connectivity index (χ2v) is 8.43. The van der Waals surface area contributed by atoms with Crippen LogP contribution < -0.4 is 0 Å². The van der Waals surface area contributed by atoms with Crippen molar-refractivity contribution in [3.63, 3.8) is 0 Å². The van der Waals surface area contributed by atoms with E-state index in [2.05, 4.69) is 24.3 Å². The predicted molar refractivity (Wildman–Crippen MR) is 40.8 cm³/mol. The molecule has 3 heteroatoms. The molecule has 0 aromatic rings. The molecule has 0 aliphatic heterocycles. The van der Waals surface area contributed by atoms with Crippen LogP contribution in [0.2, 0.25) is 3.89 Å². The second kappa shape index (κ2) is 2.36. The van der Waals surface area contributed by atoms with Crippen LogP contribution >= 0.6 is 19.1 Å². The number of hydrogen-bond donors (Lipinski definition) is 0. The monoisotopic (exact) mass is 267 g/mol. The topological polar surface area (TPSA) is 0 Å². The number of allylic oxidation sites excluding steroid dienone is 4. The minimum absolute atomic E-state index is 0.0966. The van der Waals surface area contributed by atoms with Crippen molar-refractivity contribution < 1.29 is 14.7 Å². The van der Waals surface area contributed by atoms with Gasteiger partial charge in [0.1, 0.15) is 0 Å². The van der Waals surface area contributed by atoms with Gasteiger partial charge in [0.15, 0.2) is 0 Å². The van der Waals surface area contributed by atoms with E-state index in [0.717, 1.165) is 6.42 Å². The third-order valence-corrected chi connectivity index (χ3v) is 6.54. The molecule has 2 aliphatic rings. The van der Waals surface area contributed by atoms with Crippen LogP contribution in [-0.4, -0.2) is 0 Å². The van der Waals surface area contributed by atoms with Crippen molar-refractivity contribution in [1.29, 1.82) is 0 Å². The molecule has 0 fully saturated rings. The Kier molecular flexibility index (Phi) is 1.74. The van der Waals surface area contributed by atoms with Crippen molar-refractivity contribution >= 4 is 19.1 Å². The van der Waals surface area contributed by atoms with Gasteiger partial charge in [-0.2, -0.15) is 0 Å². The molecule has 0 N–H and O–H groups in total. The van der Waals surface area contributed by atoms with Crippen molar-refractivity contribution in [2.75, 3.05) is 0 Å². The molecule has 0 atom stereocenters.